The third-order valence-corrected chi connectivity index (χ3v) is 3.73. The molecule has 4 nitrogen and oxygen atoms in total. The maximum absolute atomic E-state index is 9.18. The van der Waals surface area contributed by atoms with Crippen LogP contribution < -0.4 is 9.64 Å². The van der Waals surface area contributed by atoms with Crippen LogP contribution in [0.3, 0.4) is 0 Å². The summed E-state index contributed by atoms with van der Waals surface area (Å²) >= 11 is 3.46. The molecule has 0 saturated carbocycles. The smallest absolute Gasteiger partial charge is 0.133 e. The lowest BCUT2D eigenvalue weighted by Gasteiger charge is -2.38. The molecular weight excluding hydrogens is 296 g/mol. The largest absolute Gasteiger partial charge is 0.496 e. The average molecular weight is 311 g/mol. The summed E-state index contributed by atoms with van der Waals surface area (Å²) in [5, 5.41) is 9.18. The molecule has 1 aliphatic heterocycles. The Balaban J connectivity index is 2.12. The van der Waals surface area contributed by atoms with E-state index in [2.05, 4.69) is 26.9 Å². The summed E-state index contributed by atoms with van der Waals surface area (Å²) in [7, 11) is 3.62. The van der Waals surface area contributed by atoms with Crippen molar-refractivity contribution < 1.29 is 9.47 Å². The minimum atomic E-state index is -0.360. The van der Waals surface area contributed by atoms with Gasteiger partial charge < -0.3 is 14.4 Å². The van der Waals surface area contributed by atoms with E-state index < -0.39 is 0 Å². The number of hydrogen-bond donors (Lipinski definition) is 0. The maximum atomic E-state index is 9.18. The number of nitriles is 1. The summed E-state index contributed by atoms with van der Waals surface area (Å²) in [6.45, 7) is 1.71. The normalized spacial score (nSPS) is 16.6. The van der Waals surface area contributed by atoms with E-state index in [-0.39, 0.29) is 5.41 Å². The molecule has 1 aliphatic rings. The van der Waals surface area contributed by atoms with Crippen molar-refractivity contribution in [3.8, 4) is 11.8 Å². The molecule has 0 radical (unpaired) electrons. The summed E-state index contributed by atoms with van der Waals surface area (Å²) in [5.41, 5.74) is 0.686. The van der Waals surface area contributed by atoms with Crippen LogP contribution in [0.1, 0.15) is 0 Å². The van der Waals surface area contributed by atoms with Gasteiger partial charge in [0.05, 0.1) is 30.9 Å². The topological polar surface area (TPSA) is 45.5 Å². The van der Waals surface area contributed by atoms with Gasteiger partial charge in [-0.2, -0.15) is 5.26 Å². The highest BCUT2D eigenvalue weighted by Gasteiger charge is 2.40. The zero-order valence-corrected chi connectivity index (χ0v) is 12.0. The number of rotatable bonds is 4. The first kappa shape index (κ1) is 13.2. The van der Waals surface area contributed by atoms with Crippen LogP contribution in [0.25, 0.3) is 0 Å². The zero-order chi connectivity index (χ0) is 13.2. The highest BCUT2D eigenvalue weighted by Crippen LogP contribution is 2.32. The lowest BCUT2D eigenvalue weighted by molar-refractivity contribution is -0.0716. The third-order valence-electron chi connectivity index (χ3n) is 3.11. The summed E-state index contributed by atoms with van der Waals surface area (Å²) < 4.78 is 11.3. The molecule has 1 saturated heterocycles. The van der Waals surface area contributed by atoms with E-state index in [1.54, 1.807) is 7.11 Å². The van der Waals surface area contributed by atoms with Gasteiger partial charge in [0.1, 0.15) is 11.2 Å². The molecule has 18 heavy (non-hydrogen) atoms. The molecule has 1 heterocycles. The molecule has 0 amide bonds. The number of halogens is 1. The molecule has 5 heteroatoms. The highest BCUT2D eigenvalue weighted by atomic mass is 79.9. The Morgan fingerprint density at radius 2 is 2.28 bits per heavy atom. The van der Waals surface area contributed by atoms with E-state index >= 15 is 0 Å². The van der Waals surface area contributed by atoms with Crippen LogP contribution in [0.5, 0.6) is 5.75 Å². The Hall–Kier alpha value is -1.25. The summed E-state index contributed by atoms with van der Waals surface area (Å²) in [4.78, 5) is 2.07. The second-order valence-corrected chi connectivity index (χ2v) is 5.41. The molecule has 0 unspecified atom stereocenters. The molecule has 0 bridgehead atoms. The van der Waals surface area contributed by atoms with E-state index in [1.807, 2.05) is 25.2 Å². The van der Waals surface area contributed by atoms with E-state index in [4.69, 9.17) is 9.47 Å². The predicted octanol–water partition coefficient (Wildman–Crippen LogP) is 2.43. The quantitative estimate of drug-likeness (QED) is 0.857. The maximum Gasteiger partial charge on any atom is 0.133 e. The average Bonchev–Trinajstić information content (AvgIpc) is 2.33. The molecule has 1 aromatic carbocycles. The molecule has 0 N–H and O–H groups in total. The van der Waals surface area contributed by atoms with Crippen molar-refractivity contribution in [1.29, 1.82) is 5.26 Å². The van der Waals surface area contributed by atoms with Gasteiger partial charge in [0.15, 0.2) is 0 Å². The van der Waals surface area contributed by atoms with E-state index in [0.717, 1.165) is 15.9 Å². The van der Waals surface area contributed by atoms with Crippen molar-refractivity contribution in [2.75, 3.05) is 38.8 Å². The van der Waals surface area contributed by atoms with Gasteiger partial charge in [0, 0.05) is 19.3 Å². The number of ether oxygens (including phenoxy) is 2. The molecule has 1 aromatic rings. The fourth-order valence-electron chi connectivity index (χ4n) is 1.98. The third kappa shape index (κ3) is 2.45. The van der Waals surface area contributed by atoms with E-state index in [0.29, 0.717) is 19.8 Å². The van der Waals surface area contributed by atoms with Gasteiger partial charge in [0.2, 0.25) is 0 Å². The van der Waals surface area contributed by atoms with Crippen LogP contribution in [0, 0.1) is 16.7 Å². The van der Waals surface area contributed by atoms with Gasteiger partial charge >= 0.3 is 0 Å². The Morgan fingerprint density at radius 1 is 1.56 bits per heavy atom. The van der Waals surface area contributed by atoms with Crippen LogP contribution >= 0.6 is 15.9 Å². The van der Waals surface area contributed by atoms with Gasteiger partial charge in [-0.05, 0) is 34.1 Å². The SMILES string of the molecule is COc1ccc(N(C)CC2(C#N)COC2)cc1Br. The van der Waals surface area contributed by atoms with Crippen LogP contribution in [-0.2, 0) is 4.74 Å². The molecule has 0 aromatic heterocycles. The van der Waals surface area contributed by atoms with Crippen molar-refractivity contribution >= 4 is 21.6 Å². The van der Waals surface area contributed by atoms with Gasteiger partial charge in [-0.3, -0.25) is 0 Å². The van der Waals surface area contributed by atoms with E-state index in [9.17, 15) is 5.26 Å². The lowest BCUT2D eigenvalue weighted by Crippen LogP contribution is -2.49. The number of methoxy groups -OCH3 is 1. The number of anilines is 1. The first-order chi connectivity index (χ1) is 8.60. The minimum absolute atomic E-state index is 0.360. The Kier molecular flexibility index (Phi) is 3.79. The molecule has 2 rings (SSSR count). The van der Waals surface area contributed by atoms with Crippen molar-refractivity contribution in [2.45, 2.75) is 0 Å². The standard InChI is InChI=1S/C13H15BrN2O2/c1-16(7-13(6-15)8-18-9-13)10-3-4-12(17-2)11(14)5-10/h3-5H,7-9H2,1-2H3. The second kappa shape index (κ2) is 5.17. The van der Waals surface area contributed by atoms with Gasteiger partial charge in [-0.15, -0.1) is 0 Å². The first-order valence-corrected chi connectivity index (χ1v) is 6.43. The van der Waals surface area contributed by atoms with Crippen molar-refractivity contribution in [3.63, 3.8) is 0 Å². The van der Waals surface area contributed by atoms with Crippen LogP contribution in [0.2, 0.25) is 0 Å². The van der Waals surface area contributed by atoms with Crippen LogP contribution in [-0.4, -0.2) is 33.9 Å². The summed E-state index contributed by atoms with van der Waals surface area (Å²) in [6, 6.07) is 8.23. The van der Waals surface area contributed by atoms with E-state index in [1.165, 1.54) is 0 Å². The van der Waals surface area contributed by atoms with Crippen LogP contribution in [0.4, 0.5) is 5.69 Å². The first-order valence-electron chi connectivity index (χ1n) is 5.64. The van der Waals surface area contributed by atoms with Gasteiger partial charge in [-0.25, -0.2) is 0 Å². The van der Waals surface area contributed by atoms with Gasteiger partial charge in [-0.1, -0.05) is 0 Å². The Bertz CT molecular complexity index is 480. The monoisotopic (exact) mass is 310 g/mol. The number of benzene rings is 1. The zero-order valence-electron chi connectivity index (χ0n) is 10.4. The molecule has 96 valence electrons. The molecule has 1 fully saturated rings. The van der Waals surface area contributed by atoms with Gasteiger partial charge in [0.25, 0.3) is 0 Å². The fraction of sp³-hybridized carbons (Fsp3) is 0.462. The fourth-order valence-corrected chi connectivity index (χ4v) is 2.51. The van der Waals surface area contributed by atoms with Crippen LogP contribution in [0.15, 0.2) is 22.7 Å². The molecule has 0 atom stereocenters. The van der Waals surface area contributed by atoms with Crippen molar-refractivity contribution in [1.82, 2.24) is 0 Å². The second-order valence-electron chi connectivity index (χ2n) is 4.56. The summed E-state index contributed by atoms with van der Waals surface area (Å²) in [6.07, 6.45) is 0. The molecular formula is C13H15BrN2O2. The lowest BCUT2D eigenvalue weighted by atomic mass is 9.87. The number of nitrogens with zero attached hydrogens (tertiary/aromatic N) is 2. The Labute approximate surface area is 115 Å². The van der Waals surface area contributed by atoms with Crippen molar-refractivity contribution in [3.05, 3.63) is 22.7 Å². The minimum Gasteiger partial charge on any atom is -0.496 e. The molecule has 0 spiro atoms. The number of hydrogen-bond acceptors (Lipinski definition) is 4. The highest BCUT2D eigenvalue weighted by molar-refractivity contribution is 9.10. The predicted molar refractivity (Wildman–Crippen MR) is 72.8 cm³/mol. The molecule has 0 aliphatic carbocycles. The van der Waals surface area contributed by atoms with Crippen molar-refractivity contribution in [2.24, 2.45) is 5.41 Å². The summed E-state index contributed by atoms with van der Waals surface area (Å²) in [5.74, 6) is 0.800. The Morgan fingerprint density at radius 3 is 2.72 bits per heavy atom.